The fourth-order valence-electron chi connectivity index (χ4n) is 1.74. The fourth-order valence-corrected chi connectivity index (χ4v) is 1.74. The van der Waals surface area contributed by atoms with Crippen LogP contribution in [0.3, 0.4) is 0 Å². The molecule has 2 rings (SSSR count). The van der Waals surface area contributed by atoms with Gasteiger partial charge in [0.1, 0.15) is 6.10 Å². The maximum absolute atomic E-state index is 8.30. The van der Waals surface area contributed by atoms with Crippen molar-refractivity contribution in [3.8, 4) is 0 Å². The number of hydrogen-bond donors (Lipinski definition) is 0. The van der Waals surface area contributed by atoms with Crippen molar-refractivity contribution in [2.24, 2.45) is 0 Å². The zero-order valence-corrected chi connectivity index (χ0v) is 11.8. The lowest BCUT2D eigenvalue weighted by Crippen LogP contribution is -2.20. The predicted octanol–water partition coefficient (Wildman–Crippen LogP) is 3.66. The standard InChI is InChI=1S/C18H23NO/c1-15-9-7-8-12-17(15)18(20-14-13-19(2)3)16-10-5-4-6-11-16/h4-12,18H,13-14H2,1-3H3/i7D,8D,9D,12D,13D2,14D2. The minimum Gasteiger partial charge on any atom is -0.367 e. The first-order chi connectivity index (χ1) is 12.8. The Kier molecular flexibility index (Phi) is 2.67. The zero-order valence-electron chi connectivity index (χ0n) is 19.8. The highest BCUT2D eigenvalue weighted by Gasteiger charge is 2.16. The molecule has 0 heterocycles. The van der Waals surface area contributed by atoms with Gasteiger partial charge in [0.15, 0.2) is 0 Å². The first kappa shape index (κ1) is 7.39. The third-order valence-corrected chi connectivity index (χ3v) is 2.72. The molecule has 1 unspecified atom stereocenters. The molecular weight excluding hydrogens is 246 g/mol. The van der Waals surface area contributed by atoms with Gasteiger partial charge in [-0.15, -0.1) is 0 Å². The molecule has 0 N–H and O–H groups in total. The van der Waals surface area contributed by atoms with E-state index in [0.29, 0.717) is 5.56 Å². The largest absolute Gasteiger partial charge is 0.367 e. The molecule has 2 aromatic rings. The van der Waals surface area contributed by atoms with Crippen LogP contribution < -0.4 is 0 Å². The Morgan fingerprint density at radius 3 is 2.60 bits per heavy atom. The van der Waals surface area contributed by atoms with Gasteiger partial charge in [-0.3, -0.25) is 0 Å². The lowest BCUT2D eigenvalue weighted by Gasteiger charge is -2.22. The van der Waals surface area contributed by atoms with Gasteiger partial charge in [-0.1, -0.05) is 54.5 Å². The molecule has 0 radical (unpaired) electrons. The second-order valence-electron chi connectivity index (χ2n) is 4.56. The number of ether oxygens (including phenoxy) is 1. The van der Waals surface area contributed by atoms with Crippen LogP contribution >= 0.6 is 0 Å². The Morgan fingerprint density at radius 1 is 1.20 bits per heavy atom. The third kappa shape index (κ3) is 3.92. The molecule has 0 aromatic heterocycles. The highest BCUT2D eigenvalue weighted by molar-refractivity contribution is 5.35. The van der Waals surface area contributed by atoms with Gasteiger partial charge >= 0.3 is 0 Å². The lowest BCUT2D eigenvalue weighted by atomic mass is 9.97. The van der Waals surface area contributed by atoms with Crippen LogP contribution in [0.15, 0.2) is 54.5 Å². The van der Waals surface area contributed by atoms with Crippen LogP contribution in [-0.4, -0.2) is 32.1 Å². The number of hydrogen-bond acceptors (Lipinski definition) is 2. The highest BCUT2D eigenvalue weighted by atomic mass is 16.5. The van der Waals surface area contributed by atoms with Crippen molar-refractivity contribution in [1.82, 2.24) is 4.90 Å². The SMILES string of the molecule is [2H]c1c([2H])c([2H])c(C(OC([2H])([2H])C([2H])([2H])N(C)C)c2ccccc2)c(C)c1[2H]. The highest BCUT2D eigenvalue weighted by Crippen LogP contribution is 2.28. The van der Waals surface area contributed by atoms with Crippen LogP contribution in [0.1, 0.15) is 33.8 Å². The van der Waals surface area contributed by atoms with Crippen LogP contribution in [0.25, 0.3) is 0 Å². The van der Waals surface area contributed by atoms with E-state index in [9.17, 15) is 0 Å². The zero-order chi connectivity index (χ0) is 21.4. The molecule has 1 atom stereocenters. The normalized spacial score (nSPS) is 19.8. The van der Waals surface area contributed by atoms with Crippen molar-refractivity contribution < 1.29 is 15.7 Å². The summed E-state index contributed by atoms with van der Waals surface area (Å²) in [5.41, 5.74) is 0.755. The molecular formula is C18H23NO. The Hall–Kier alpha value is -1.64. The monoisotopic (exact) mass is 277 g/mol. The van der Waals surface area contributed by atoms with E-state index in [1.165, 1.54) is 21.0 Å². The van der Waals surface area contributed by atoms with Crippen molar-refractivity contribution in [2.45, 2.75) is 13.0 Å². The molecule has 0 saturated carbocycles. The van der Waals surface area contributed by atoms with E-state index in [4.69, 9.17) is 15.7 Å². The molecule has 2 aromatic carbocycles. The minimum atomic E-state index is -2.78. The van der Waals surface area contributed by atoms with E-state index in [-0.39, 0.29) is 29.3 Å². The summed E-state index contributed by atoms with van der Waals surface area (Å²) in [7, 11) is 2.77. The van der Waals surface area contributed by atoms with Crippen molar-refractivity contribution in [1.29, 1.82) is 0 Å². The van der Waals surface area contributed by atoms with Crippen molar-refractivity contribution in [3.63, 3.8) is 0 Å². The van der Waals surface area contributed by atoms with Gasteiger partial charge in [0.05, 0.1) is 14.8 Å². The van der Waals surface area contributed by atoms with Gasteiger partial charge in [0, 0.05) is 9.24 Å². The molecule has 106 valence electrons. The number of rotatable bonds is 6. The van der Waals surface area contributed by atoms with Crippen molar-refractivity contribution in [3.05, 3.63) is 71.2 Å². The van der Waals surface area contributed by atoms with E-state index in [2.05, 4.69) is 0 Å². The Labute approximate surface area is 133 Å². The lowest BCUT2D eigenvalue weighted by molar-refractivity contribution is 0.0683. The van der Waals surface area contributed by atoms with Crippen molar-refractivity contribution in [2.75, 3.05) is 27.2 Å². The van der Waals surface area contributed by atoms with Crippen LogP contribution in [0, 0.1) is 6.92 Å². The van der Waals surface area contributed by atoms with Crippen LogP contribution in [0.5, 0.6) is 0 Å². The summed E-state index contributed by atoms with van der Waals surface area (Å²) in [4.78, 5) is 1.06. The summed E-state index contributed by atoms with van der Waals surface area (Å²) < 4.78 is 70.4. The van der Waals surface area contributed by atoms with Gasteiger partial charge in [0.2, 0.25) is 0 Å². The molecule has 2 nitrogen and oxygen atoms in total. The summed E-state index contributed by atoms with van der Waals surface area (Å²) in [6.45, 7) is -3.75. The average molecular weight is 277 g/mol. The van der Waals surface area contributed by atoms with Crippen LogP contribution in [-0.2, 0) is 4.74 Å². The molecule has 0 fully saturated rings. The summed E-state index contributed by atoms with van der Waals surface area (Å²) in [5, 5.41) is 0. The second kappa shape index (κ2) is 7.22. The number of nitrogens with zero attached hydrogens (tertiary/aromatic N) is 1. The minimum absolute atomic E-state index is 0.0793. The quantitative estimate of drug-likeness (QED) is 0.799. The third-order valence-electron chi connectivity index (χ3n) is 2.72. The topological polar surface area (TPSA) is 12.5 Å². The maximum Gasteiger partial charge on any atom is 0.108 e. The van der Waals surface area contributed by atoms with Gasteiger partial charge in [-0.05, 0) is 37.7 Å². The first-order valence-electron chi connectivity index (χ1n) is 10.3. The fraction of sp³-hybridized carbons (Fsp3) is 0.333. The molecule has 0 aliphatic rings. The van der Waals surface area contributed by atoms with Gasteiger partial charge in [-0.2, -0.15) is 0 Å². The predicted molar refractivity (Wildman–Crippen MR) is 84.0 cm³/mol. The van der Waals surface area contributed by atoms with Gasteiger partial charge in [-0.25, -0.2) is 0 Å². The van der Waals surface area contributed by atoms with Gasteiger partial charge < -0.3 is 9.64 Å². The molecule has 0 saturated heterocycles. The molecule has 0 spiro atoms. The van der Waals surface area contributed by atoms with Crippen LogP contribution in [0.4, 0.5) is 0 Å². The van der Waals surface area contributed by atoms with E-state index in [1.807, 2.05) is 0 Å². The van der Waals surface area contributed by atoms with Gasteiger partial charge in [0.25, 0.3) is 0 Å². The molecule has 0 aliphatic heterocycles. The van der Waals surface area contributed by atoms with Crippen LogP contribution in [0.2, 0.25) is 0 Å². The molecule has 0 aliphatic carbocycles. The molecule has 20 heavy (non-hydrogen) atoms. The van der Waals surface area contributed by atoms with E-state index >= 15 is 0 Å². The van der Waals surface area contributed by atoms with E-state index < -0.39 is 25.2 Å². The summed E-state index contributed by atoms with van der Waals surface area (Å²) >= 11 is 0. The summed E-state index contributed by atoms with van der Waals surface area (Å²) in [6, 6.07) is 7.02. The Bertz CT molecular complexity index is 825. The molecule has 2 heteroatoms. The van der Waals surface area contributed by atoms with Crippen molar-refractivity contribution >= 4 is 0 Å². The smallest absolute Gasteiger partial charge is 0.108 e. The number of likely N-dealkylation sites (N-methyl/N-ethyl adjacent to an activating group) is 1. The second-order valence-corrected chi connectivity index (χ2v) is 4.56. The molecule has 0 bridgehead atoms. The maximum atomic E-state index is 8.30. The van der Waals surface area contributed by atoms with E-state index in [1.54, 1.807) is 30.3 Å². The number of benzene rings is 2. The first-order valence-corrected chi connectivity index (χ1v) is 6.30. The van der Waals surface area contributed by atoms with E-state index in [0.717, 1.165) is 4.90 Å². The summed E-state index contributed by atoms with van der Waals surface area (Å²) in [5.74, 6) is 0. The Balaban J connectivity index is 2.71. The summed E-state index contributed by atoms with van der Waals surface area (Å²) in [6.07, 6.45) is -1.23. The molecule has 0 amide bonds. The Morgan fingerprint density at radius 2 is 1.90 bits per heavy atom. The average Bonchev–Trinajstić information content (AvgIpc) is 2.64.